The van der Waals surface area contributed by atoms with Crippen molar-refractivity contribution in [1.29, 1.82) is 0 Å². The molecule has 1 amide bonds. The van der Waals surface area contributed by atoms with Crippen molar-refractivity contribution in [1.82, 2.24) is 9.21 Å². The summed E-state index contributed by atoms with van der Waals surface area (Å²) in [6, 6.07) is 11.8. The van der Waals surface area contributed by atoms with Gasteiger partial charge in [0.2, 0.25) is 15.9 Å². The molecule has 0 bridgehead atoms. The molecule has 1 N–H and O–H groups in total. The molecule has 2 saturated heterocycles. The Kier molecular flexibility index (Phi) is 7.94. The summed E-state index contributed by atoms with van der Waals surface area (Å²) >= 11 is 12.3. The molecule has 0 radical (unpaired) electrons. The molecule has 7 nitrogen and oxygen atoms in total. The SMILES string of the molecule is O=C(Nc1ccc(S(=O)(=O)N2CCOCC2)cc1)C1CCCN(Cc2ccc(Cl)cc2Cl)C1. The van der Waals surface area contributed by atoms with E-state index in [0.717, 1.165) is 24.9 Å². The van der Waals surface area contributed by atoms with E-state index in [1.165, 1.54) is 16.4 Å². The molecule has 0 aliphatic carbocycles. The molecule has 0 saturated carbocycles. The van der Waals surface area contributed by atoms with E-state index in [-0.39, 0.29) is 16.7 Å². The molecule has 2 aromatic carbocycles. The van der Waals surface area contributed by atoms with Crippen LogP contribution in [0.4, 0.5) is 5.69 Å². The number of rotatable bonds is 6. The van der Waals surface area contributed by atoms with Gasteiger partial charge in [0.05, 0.1) is 24.0 Å². The first-order valence-corrected chi connectivity index (χ1v) is 13.2. The van der Waals surface area contributed by atoms with E-state index in [1.54, 1.807) is 18.2 Å². The largest absolute Gasteiger partial charge is 0.379 e. The fourth-order valence-electron chi connectivity index (χ4n) is 4.19. The van der Waals surface area contributed by atoms with Crippen molar-refractivity contribution < 1.29 is 17.9 Å². The van der Waals surface area contributed by atoms with Crippen LogP contribution in [-0.2, 0) is 26.1 Å². The van der Waals surface area contributed by atoms with E-state index in [4.69, 9.17) is 27.9 Å². The Morgan fingerprint density at radius 1 is 1.06 bits per heavy atom. The summed E-state index contributed by atoms with van der Waals surface area (Å²) in [5, 5.41) is 4.16. The second kappa shape index (κ2) is 10.7. The predicted octanol–water partition coefficient (Wildman–Crippen LogP) is 3.87. The van der Waals surface area contributed by atoms with E-state index >= 15 is 0 Å². The minimum Gasteiger partial charge on any atom is -0.379 e. The summed E-state index contributed by atoms with van der Waals surface area (Å²) in [5.41, 5.74) is 1.57. The fraction of sp³-hybridized carbons (Fsp3) is 0.435. The lowest BCUT2D eigenvalue weighted by Crippen LogP contribution is -2.40. The van der Waals surface area contributed by atoms with Crippen LogP contribution in [0.3, 0.4) is 0 Å². The Bertz CT molecular complexity index is 1090. The van der Waals surface area contributed by atoms with Gasteiger partial charge in [-0.1, -0.05) is 29.3 Å². The molecule has 2 aliphatic heterocycles. The van der Waals surface area contributed by atoms with Gasteiger partial charge in [0.25, 0.3) is 0 Å². The van der Waals surface area contributed by atoms with E-state index in [9.17, 15) is 13.2 Å². The average Bonchev–Trinajstić information content (AvgIpc) is 2.82. The van der Waals surface area contributed by atoms with Gasteiger partial charge in [-0.3, -0.25) is 9.69 Å². The number of likely N-dealkylation sites (tertiary alicyclic amines) is 1. The molecule has 4 rings (SSSR count). The number of benzene rings is 2. The maximum atomic E-state index is 12.9. The number of carbonyl (C=O) groups excluding carboxylic acids is 1. The first-order chi connectivity index (χ1) is 15.8. The van der Waals surface area contributed by atoms with Crippen molar-refractivity contribution in [2.75, 3.05) is 44.7 Å². The average molecular weight is 512 g/mol. The van der Waals surface area contributed by atoms with Gasteiger partial charge < -0.3 is 10.1 Å². The first kappa shape index (κ1) is 24.4. The van der Waals surface area contributed by atoms with Gasteiger partial charge in [0, 0.05) is 41.9 Å². The highest BCUT2D eigenvalue weighted by Gasteiger charge is 2.28. The van der Waals surface area contributed by atoms with Crippen LogP contribution in [0.2, 0.25) is 10.0 Å². The number of ether oxygens (including phenoxy) is 1. The molecule has 33 heavy (non-hydrogen) atoms. The van der Waals surface area contributed by atoms with Crippen LogP contribution in [0.25, 0.3) is 0 Å². The highest BCUT2D eigenvalue weighted by atomic mass is 35.5. The standard InChI is InChI=1S/C23H27Cl2N3O4S/c24-19-4-3-17(22(25)14-19)15-27-9-1-2-18(16-27)23(29)26-20-5-7-21(8-6-20)33(30,31)28-10-12-32-13-11-28/h3-8,14,18H,1-2,9-13,15-16H2,(H,26,29). The zero-order valence-electron chi connectivity index (χ0n) is 18.2. The van der Waals surface area contributed by atoms with Gasteiger partial charge in [0.1, 0.15) is 0 Å². The highest BCUT2D eigenvalue weighted by molar-refractivity contribution is 7.89. The number of sulfonamides is 1. The van der Waals surface area contributed by atoms with Crippen LogP contribution in [0.5, 0.6) is 0 Å². The van der Waals surface area contributed by atoms with Gasteiger partial charge in [-0.05, 0) is 61.3 Å². The van der Waals surface area contributed by atoms with Crippen LogP contribution in [0.1, 0.15) is 18.4 Å². The van der Waals surface area contributed by atoms with E-state index in [1.807, 2.05) is 12.1 Å². The number of piperidine rings is 1. The molecule has 0 aromatic heterocycles. The van der Waals surface area contributed by atoms with Gasteiger partial charge in [0.15, 0.2) is 0 Å². The smallest absolute Gasteiger partial charge is 0.243 e. The molecular weight excluding hydrogens is 485 g/mol. The van der Waals surface area contributed by atoms with Crippen molar-refractivity contribution >= 4 is 44.8 Å². The minimum absolute atomic E-state index is 0.0642. The lowest BCUT2D eigenvalue weighted by atomic mass is 9.96. The third-order valence-electron chi connectivity index (χ3n) is 6.02. The van der Waals surface area contributed by atoms with Gasteiger partial charge >= 0.3 is 0 Å². The number of hydrogen-bond acceptors (Lipinski definition) is 5. The number of amides is 1. The molecule has 2 heterocycles. The highest BCUT2D eigenvalue weighted by Crippen LogP contribution is 2.26. The molecule has 1 atom stereocenters. The Morgan fingerprint density at radius 2 is 1.79 bits per heavy atom. The lowest BCUT2D eigenvalue weighted by molar-refractivity contribution is -0.121. The summed E-state index contributed by atoms with van der Waals surface area (Å²) in [5.74, 6) is -0.215. The fourth-order valence-corrected chi connectivity index (χ4v) is 6.07. The summed E-state index contributed by atoms with van der Waals surface area (Å²) in [4.78, 5) is 15.3. The Labute approximate surface area is 204 Å². The van der Waals surface area contributed by atoms with Gasteiger partial charge in [-0.25, -0.2) is 8.42 Å². The van der Waals surface area contributed by atoms with Crippen molar-refractivity contribution in [3.05, 3.63) is 58.1 Å². The molecule has 178 valence electrons. The molecule has 10 heteroatoms. The van der Waals surface area contributed by atoms with Crippen LogP contribution in [0, 0.1) is 5.92 Å². The number of nitrogens with one attached hydrogen (secondary N) is 1. The molecule has 2 aliphatic rings. The van der Waals surface area contributed by atoms with Crippen molar-refractivity contribution in [3.8, 4) is 0 Å². The quantitative estimate of drug-likeness (QED) is 0.636. The zero-order chi connectivity index (χ0) is 23.4. The lowest BCUT2D eigenvalue weighted by Gasteiger charge is -2.32. The maximum absolute atomic E-state index is 12.9. The third-order valence-corrected chi connectivity index (χ3v) is 8.51. The summed E-state index contributed by atoms with van der Waals surface area (Å²) < 4.78 is 32.2. The van der Waals surface area contributed by atoms with Crippen LogP contribution < -0.4 is 5.32 Å². The van der Waals surface area contributed by atoms with E-state index in [2.05, 4.69) is 10.2 Å². The van der Waals surface area contributed by atoms with E-state index in [0.29, 0.717) is 55.1 Å². The predicted molar refractivity (Wildman–Crippen MR) is 129 cm³/mol. The normalized spacial score (nSPS) is 20.5. The maximum Gasteiger partial charge on any atom is 0.243 e. The first-order valence-electron chi connectivity index (χ1n) is 11.0. The molecule has 2 aromatic rings. The Hall–Kier alpha value is -1.68. The minimum atomic E-state index is -3.56. The molecule has 0 spiro atoms. The van der Waals surface area contributed by atoms with Crippen LogP contribution >= 0.6 is 23.2 Å². The summed E-state index contributed by atoms with van der Waals surface area (Å²) in [6.07, 6.45) is 1.72. The van der Waals surface area contributed by atoms with Crippen LogP contribution in [0.15, 0.2) is 47.4 Å². The molecular formula is C23H27Cl2N3O4S. The summed E-state index contributed by atoms with van der Waals surface area (Å²) in [6.45, 7) is 3.69. The third kappa shape index (κ3) is 6.07. The second-order valence-corrected chi connectivity index (χ2v) is 11.1. The number of halogens is 2. The molecule has 2 fully saturated rings. The van der Waals surface area contributed by atoms with Crippen molar-refractivity contribution in [2.24, 2.45) is 5.92 Å². The molecule has 1 unspecified atom stereocenters. The Balaban J connectivity index is 1.35. The van der Waals surface area contributed by atoms with Crippen molar-refractivity contribution in [2.45, 2.75) is 24.3 Å². The topological polar surface area (TPSA) is 79.0 Å². The number of nitrogens with zero attached hydrogens (tertiary/aromatic N) is 2. The van der Waals surface area contributed by atoms with E-state index < -0.39 is 10.0 Å². The van der Waals surface area contributed by atoms with Gasteiger partial charge in [-0.15, -0.1) is 0 Å². The van der Waals surface area contributed by atoms with Crippen molar-refractivity contribution in [3.63, 3.8) is 0 Å². The number of hydrogen-bond donors (Lipinski definition) is 1. The monoisotopic (exact) mass is 511 g/mol. The number of morpholine rings is 1. The number of anilines is 1. The summed E-state index contributed by atoms with van der Waals surface area (Å²) in [7, 11) is -3.56. The zero-order valence-corrected chi connectivity index (χ0v) is 20.5. The second-order valence-electron chi connectivity index (χ2n) is 8.34. The Morgan fingerprint density at radius 3 is 2.48 bits per heavy atom. The number of carbonyl (C=O) groups is 1. The van der Waals surface area contributed by atoms with Crippen LogP contribution in [-0.4, -0.2) is 62.9 Å². The van der Waals surface area contributed by atoms with Gasteiger partial charge in [-0.2, -0.15) is 4.31 Å².